The van der Waals surface area contributed by atoms with Crippen molar-refractivity contribution >= 4 is 34.7 Å². The van der Waals surface area contributed by atoms with Crippen LogP contribution in [0.15, 0.2) is 29.4 Å². The van der Waals surface area contributed by atoms with Crippen molar-refractivity contribution in [2.45, 2.75) is 57.5 Å². The van der Waals surface area contributed by atoms with Crippen molar-refractivity contribution in [2.24, 2.45) is 11.8 Å². The molecule has 1 aromatic heterocycles. The van der Waals surface area contributed by atoms with Crippen LogP contribution >= 0.6 is 11.8 Å². The number of aromatic nitrogens is 2. The number of para-hydroxylation sites is 2. The van der Waals surface area contributed by atoms with Crippen molar-refractivity contribution in [1.29, 1.82) is 0 Å². The van der Waals surface area contributed by atoms with E-state index in [2.05, 4.69) is 24.5 Å². The second-order valence-corrected chi connectivity index (χ2v) is 9.31. The van der Waals surface area contributed by atoms with Crippen molar-refractivity contribution in [2.75, 3.05) is 19.7 Å². The molecule has 1 fully saturated rings. The van der Waals surface area contributed by atoms with Crippen LogP contribution in [0, 0.1) is 11.8 Å². The van der Waals surface area contributed by atoms with Crippen molar-refractivity contribution in [3.05, 3.63) is 24.3 Å². The zero-order valence-corrected chi connectivity index (χ0v) is 18.6. The maximum atomic E-state index is 13.0. The van der Waals surface area contributed by atoms with Gasteiger partial charge in [0.2, 0.25) is 5.91 Å². The largest absolute Gasteiger partial charge is 0.466 e. The number of esters is 1. The number of hydrogen-bond donors (Lipinski definition) is 0. The molecule has 0 N–H and O–H groups in total. The van der Waals surface area contributed by atoms with Crippen molar-refractivity contribution in [3.8, 4) is 0 Å². The Bertz CT molecular complexity index is 856. The fourth-order valence-electron chi connectivity index (χ4n) is 3.75. The standard InChI is InChI=1S/C22H31N3O3S/c1-5-28-21(27)17-10-12-24(13-11-17)20(26)16(4)29-22-23-18-8-6-7-9-19(18)25(22)14-15(2)3/h6-9,15-17H,5,10-14H2,1-4H3/t16-/m0/s1. The maximum Gasteiger partial charge on any atom is 0.309 e. The normalized spacial score (nSPS) is 16.4. The van der Waals surface area contributed by atoms with Crippen LogP contribution in [0.25, 0.3) is 11.0 Å². The van der Waals surface area contributed by atoms with Gasteiger partial charge in [-0.05, 0) is 44.7 Å². The van der Waals surface area contributed by atoms with E-state index in [-0.39, 0.29) is 23.0 Å². The van der Waals surface area contributed by atoms with Crippen molar-refractivity contribution in [1.82, 2.24) is 14.5 Å². The zero-order valence-electron chi connectivity index (χ0n) is 17.8. The second kappa shape index (κ2) is 9.65. The van der Waals surface area contributed by atoms with E-state index in [9.17, 15) is 9.59 Å². The number of nitrogens with zero attached hydrogens (tertiary/aromatic N) is 3. The summed E-state index contributed by atoms with van der Waals surface area (Å²) in [5.41, 5.74) is 2.07. The number of piperidine rings is 1. The number of thioether (sulfide) groups is 1. The number of fused-ring (bicyclic) bond motifs is 1. The average Bonchev–Trinajstić information content (AvgIpc) is 3.04. The summed E-state index contributed by atoms with van der Waals surface area (Å²) in [6.07, 6.45) is 1.35. The minimum absolute atomic E-state index is 0.0859. The predicted octanol–water partition coefficient (Wildman–Crippen LogP) is 3.97. The number of rotatable bonds is 7. The number of imidazole rings is 1. The Kier molecular flexibility index (Phi) is 7.22. The number of benzene rings is 1. The highest BCUT2D eigenvalue weighted by atomic mass is 32.2. The van der Waals surface area contributed by atoms with Crippen molar-refractivity contribution in [3.63, 3.8) is 0 Å². The van der Waals surface area contributed by atoms with Gasteiger partial charge in [-0.15, -0.1) is 0 Å². The zero-order chi connectivity index (χ0) is 21.0. The topological polar surface area (TPSA) is 64.4 Å². The minimum Gasteiger partial charge on any atom is -0.466 e. The molecule has 1 atom stereocenters. The summed E-state index contributed by atoms with van der Waals surface area (Å²) in [4.78, 5) is 31.6. The molecule has 1 amide bonds. The quantitative estimate of drug-likeness (QED) is 0.504. The van der Waals surface area contributed by atoms with Crippen molar-refractivity contribution < 1.29 is 14.3 Å². The number of carbonyl (C=O) groups is 2. The Morgan fingerprint density at radius 1 is 1.21 bits per heavy atom. The maximum absolute atomic E-state index is 13.0. The molecule has 1 aliphatic heterocycles. The first-order valence-corrected chi connectivity index (χ1v) is 11.4. The molecule has 2 heterocycles. The average molecular weight is 418 g/mol. The number of likely N-dealkylation sites (tertiary alicyclic amines) is 1. The van der Waals surface area contributed by atoms with Gasteiger partial charge in [0.15, 0.2) is 5.16 Å². The van der Waals surface area contributed by atoms with Gasteiger partial charge < -0.3 is 14.2 Å². The Labute approximate surface area is 177 Å². The predicted molar refractivity (Wildman–Crippen MR) is 116 cm³/mol. The SMILES string of the molecule is CCOC(=O)C1CCN(C(=O)[C@H](C)Sc2nc3ccccc3n2CC(C)C)CC1. The summed E-state index contributed by atoms with van der Waals surface area (Å²) in [5.74, 6) is 0.377. The lowest BCUT2D eigenvalue weighted by Gasteiger charge is -2.32. The third kappa shape index (κ3) is 5.13. The summed E-state index contributed by atoms with van der Waals surface area (Å²) in [6, 6.07) is 8.12. The fraction of sp³-hybridized carbons (Fsp3) is 0.591. The van der Waals surface area contributed by atoms with E-state index < -0.39 is 0 Å². The Morgan fingerprint density at radius 2 is 1.90 bits per heavy atom. The third-order valence-corrected chi connectivity index (χ3v) is 6.30. The smallest absolute Gasteiger partial charge is 0.309 e. The van der Waals surface area contributed by atoms with E-state index in [1.807, 2.05) is 36.9 Å². The lowest BCUT2D eigenvalue weighted by Crippen LogP contribution is -2.43. The number of hydrogen-bond acceptors (Lipinski definition) is 5. The lowest BCUT2D eigenvalue weighted by molar-refractivity contribution is -0.151. The van der Waals surface area contributed by atoms with Crippen LogP contribution in [0.3, 0.4) is 0 Å². The summed E-state index contributed by atoms with van der Waals surface area (Å²) in [5, 5.41) is 0.666. The first-order valence-electron chi connectivity index (χ1n) is 10.5. The van der Waals surface area contributed by atoms with Gasteiger partial charge in [0, 0.05) is 19.6 Å². The molecule has 3 rings (SSSR count). The second-order valence-electron chi connectivity index (χ2n) is 8.00. The van der Waals surface area contributed by atoms with Gasteiger partial charge in [-0.3, -0.25) is 9.59 Å². The molecule has 29 heavy (non-hydrogen) atoms. The molecule has 0 radical (unpaired) electrons. The Morgan fingerprint density at radius 3 is 2.55 bits per heavy atom. The molecule has 6 nitrogen and oxygen atoms in total. The van der Waals surface area contributed by atoms with Gasteiger partial charge in [-0.1, -0.05) is 37.7 Å². The summed E-state index contributed by atoms with van der Waals surface area (Å²) in [7, 11) is 0. The van der Waals surface area contributed by atoms with Crippen LogP contribution < -0.4 is 0 Å². The molecular formula is C22H31N3O3S. The van der Waals surface area contributed by atoms with E-state index in [1.54, 1.807) is 0 Å². The van der Waals surface area contributed by atoms with E-state index in [4.69, 9.17) is 9.72 Å². The molecule has 0 unspecified atom stereocenters. The van der Waals surface area contributed by atoms with Gasteiger partial charge in [-0.2, -0.15) is 0 Å². The van der Waals surface area contributed by atoms with Gasteiger partial charge in [0.05, 0.1) is 28.8 Å². The van der Waals surface area contributed by atoms with E-state index in [0.717, 1.165) is 22.7 Å². The van der Waals surface area contributed by atoms with Crippen LogP contribution in [0.4, 0.5) is 0 Å². The molecule has 0 spiro atoms. The molecular weight excluding hydrogens is 386 g/mol. The van der Waals surface area contributed by atoms with E-state index >= 15 is 0 Å². The van der Waals surface area contributed by atoms with E-state index in [0.29, 0.717) is 38.5 Å². The molecule has 1 aliphatic rings. The van der Waals surface area contributed by atoms with Crippen LogP contribution in [0.1, 0.15) is 40.5 Å². The summed E-state index contributed by atoms with van der Waals surface area (Å²) < 4.78 is 7.34. The number of amides is 1. The number of carbonyl (C=O) groups excluding carboxylic acids is 2. The summed E-state index contributed by atoms with van der Waals surface area (Å²) >= 11 is 1.52. The summed E-state index contributed by atoms with van der Waals surface area (Å²) in [6.45, 7) is 10.6. The molecule has 0 bridgehead atoms. The van der Waals surface area contributed by atoms with E-state index in [1.165, 1.54) is 11.8 Å². The first-order chi connectivity index (χ1) is 13.9. The van der Waals surface area contributed by atoms with Gasteiger partial charge in [0.25, 0.3) is 0 Å². The number of ether oxygens (including phenoxy) is 1. The Balaban J connectivity index is 1.67. The molecule has 1 aromatic carbocycles. The van der Waals surface area contributed by atoms with Gasteiger partial charge in [-0.25, -0.2) is 4.98 Å². The highest BCUT2D eigenvalue weighted by Gasteiger charge is 2.31. The highest BCUT2D eigenvalue weighted by molar-refractivity contribution is 8.00. The molecule has 158 valence electrons. The van der Waals surface area contributed by atoms with Gasteiger partial charge >= 0.3 is 5.97 Å². The monoisotopic (exact) mass is 417 g/mol. The molecule has 0 aliphatic carbocycles. The van der Waals surface area contributed by atoms with Crippen LogP contribution in [0.2, 0.25) is 0 Å². The van der Waals surface area contributed by atoms with Crippen LogP contribution in [0.5, 0.6) is 0 Å². The highest BCUT2D eigenvalue weighted by Crippen LogP contribution is 2.30. The molecule has 2 aromatic rings. The molecule has 0 saturated carbocycles. The minimum atomic E-state index is -0.225. The Hall–Kier alpha value is -2.02. The molecule has 1 saturated heterocycles. The van der Waals surface area contributed by atoms with Gasteiger partial charge in [0.1, 0.15) is 0 Å². The van der Waals surface area contributed by atoms with Crippen LogP contribution in [-0.2, 0) is 20.9 Å². The van der Waals surface area contributed by atoms with Crippen LogP contribution in [-0.4, -0.2) is 51.3 Å². The molecule has 7 heteroatoms. The third-order valence-electron chi connectivity index (χ3n) is 5.22. The lowest BCUT2D eigenvalue weighted by atomic mass is 9.97. The fourth-order valence-corrected chi connectivity index (χ4v) is 4.76. The first kappa shape index (κ1) is 21.7.